The molecule has 0 bridgehead atoms. The average molecular weight is 342 g/mol. The molecule has 0 unspecified atom stereocenters. The monoisotopic (exact) mass is 341 g/mol. The second-order valence-corrected chi connectivity index (χ2v) is 7.24. The van der Waals surface area contributed by atoms with Gasteiger partial charge in [-0.1, -0.05) is 41.9 Å². The Kier molecular flexibility index (Phi) is 5.56. The van der Waals surface area contributed by atoms with E-state index in [1.807, 2.05) is 30.3 Å². The van der Waals surface area contributed by atoms with Gasteiger partial charge < -0.3 is 0 Å². The van der Waals surface area contributed by atoms with Crippen molar-refractivity contribution in [3.63, 3.8) is 0 Å². The summed E-state index contributed by atoms with van der Waals surface area (Å²) < 4.78 is 40.6. The Morgan fingerprint density at radius 3 is 2.50 bits per heavy atom. The third-order valence-corrected chi connectivity index (χ3v) is 5.11. The first-order chi connectivity index (χ1) is 10.4. The molecule has 6 heteroatoms. The van der Waals surface area contributed by atoms with Crippen molar-refractivity contribution in [1.29, 1.82) is 0 Å². The highest BCUT2D eigenvalue weighted by atomic mass is 35.5. The number of benzene rings is 2. The Balaban J connectivity index is 2.02. The summed E-state index contributed by atoms with van der Waals surface area (Å²) in [6.45, 7) is 1.76. The highest BCUT2D eigenvalue weighted by Gasteiger charge is 2.21. The summed E-state index contributed by atoms with van der Waals surface area (Å²) in [5.41, 5.74) is 1.13. The van der Waals surface area contributed by atoms with E-state index in [0.717, 1.165) is 18.1 Å². The van der Waals surface area contributed by atoms with Gasteiger partial charge in [0.05, 0.1) is 0 Å². The summed E-state index contributed by atoms with van der Waals surface area (Å²) in [4.78, 5) is -0.386. The molecule has 2 aromatic rings. The smallest absolute Gasteiger partial charge is 0.208 e. The molecule has 0 saturated heterocycles. The van der Waals surface area contributed by atoms with E-state index in [-0.39, 0.29) is 16.0 Å². The second kappa shape index (κ2) is 7.22. The highest BCUT2D eigenvalue weighted by Crippen LogP contribution is 2.19. The van der Waals surface area contributed by atoms with Gasteiger partial charge in [0.2, 0.25) is 10.0 Å². The average Bonchev–Trinajstić information content (AvgIpc) is 2.45. The van der Waals surface area contributed by atoms with E-state index in [9.17, 15) is 12.8 Å². The molecule has 2 rings (SSSR count). The van der Waals surface area contributed by atoms with E-state index < -0.39 is 15.8 Å². The van der Waals surface area contributed by atoms with Crippen molar-refractivity contribution in [3.05, 3.63) is 64.9 Å². The standard InChI is InChI=1S/C16H17ClFNO2S/c1-12(7-8-13-5-3-2-4-6-13)19-22(20,21)16-10-9-14(17)11-15(16)18/h2-6,9-12,19H,7-8H2,1H3/t12-/m0/s1. The fourth-order valence-electron chi connectivity index (χ4n) is 2.11. The highest BCUT2D eigenvalue weighted by molar-refractivity contribution is 7.89. The number of aryl methyl sites for hydroxylation is 1. The predicted octanol–water partition coefficient (Wildman–Crippen LogP) is 3.78. The van der Waals surface area contributed by atoms with Crippen LogP contribution in [0.3, 0.4) is 0 Å². The van der Waals surface area contributed by atoms with Crippen molar-refractivity contribution in [2.45, 2.75) is 30.7 Å². The molecule has 0 aliphatic carbocycles. The van der Waals surface area contributed by atoms with Crippen molar-refractivity contribution >= 4 is 21.6 Å². The number of sulfonamides is 1. The van der Waals surface area contributed by atoms with Crippen LogP contribution in [-0.2, 0) is 16.4 Å². The number of nitrogens with one attached hydrogen (secondary N) is 1. The largest absolute Gasteiger partial charge is 0.243 e. The zero-order valence-corrected chi connectivity index (χ0v) is 13.7. The maximum Gasteiger partial charge on any atom is 0.243 e. The first-order valence-electron chi connectivity index (χ1n) is 6.90. The molecule has 0 aromatic heterocycles. The zero-order chi connectivity index (χ0) is 16.2. The van der Waals surface area contributed by atoms with E-state index in [0.29, 0.717) is 6.42 Å². The van der Waals surface area contributed by atoms with Crippen molar-refractivity contribution < 1.29 is 12.8 Å². The van der Waals surface area contributed by atoms with Gasteiger partial charge in [-0.25, -0.2) is 17.5 Å². The van der Waals surface area contributed by atoms with E-state index in [1.54, 1.807) is 6.92 Å². The van der Waals surface area contributed by atoms with E-state index in [4.69, 9.17) is 11.6 Å². The molecule has 3 nitrogen and oxygen atoms in total. The van der Waals surface area contributed by atoms with Gasteiger partial charge in [-0.05, 0) is 43.5 Å². The number of halogens is 2. The van der Waals surface area contributed by atoms with Crippen molar-refractivity contribution in [1.82, 2.24) is 4.72 Å². The van der Waals surface area contributed by atoms with Crippen LogP contribution in [0.1, 0.15) is 18.9 Å². The molecule has 1 atom stereocenters. The lowest BCUT2D eigenvalue weighted by molar-refractivity contribution is 0.533. The van der Waals surface area contributed by atoms with Crippen LogP contribution in [0.15, 0.2) is 53.4 Å². The van der Waals surface area contributed by atoms with Crippen LogP contribution < -0.4 is 4.72 Å². The lowest BCUT2D eigenvalue weighted by atomic mass is 10.1. The van der Waals surface area contributed by atoms with Gasteiger partial charge in [-0.3, -0.25) is 0 Å². The molecular formula is C16H17ClFNO2S. The molecule has 0 aliphatic heterocycles. The van der Waals surface area contributed by atoms with Crippen LogP contribution in [-0.4, -0.2) is 14.5 Å². The predicted molar refractivity (Wildman–Crippen MR) is 86.0 cm³/mol. The molecule has 2 aromatic carbocycles. The van der Waals surface area contributed by atoms with Gasteiger partial charge in [-0.15, -0.1) is 0 Å². The molecule has 0 aliphatic rings. The Hall–Kier alpha value is -1.43. The van der Waals surface area contributed by atoms with Crippen LogP contribution in [0.25, 0.3) is 0 Å². The van der Waals surface area contributed by atoms with Gasteiger partial charge in [0.1, 0.15) is 10.7 Å². The van der Waals surface area contributed by atoms with Crippen molar-refractivity contribution in [2.24, 2.45) is 0 Å². The molecular weight excluding hydrogens is 325 g/mol. The van der Waals surface area contributed by atoms with Gasteiger partial charge in [0, 0.05) is 11.1 Å². The molecule has 0 heterocycles. The quantitative estimate of drug-likeness (QED) is 0.869. The second-order valence-electron chi connectivity index (χ2n) is 5.12. The maximum absolute atomic E-state index is 13.7. The fraction of sp³-hybridized carbons (Fsp3) is 0.250. The molecule has 1 N–H and O–H groups in total. The SMILES string of the molecule is C[C@@H](CCc1ccccc1)NS(=O)(=O)c1ccc(Cl)cc1F. The molecule has 0 fully saturated rings. The number of rotatable bonds is 6. The first-order valence-corrected chi connectivity index (χ1v) is 8.76. The Bertz CT molecular complexity index is 735. The molecule has 0 amide bonds. The maximum atomic E-state index is 13.7. The molecule has 0 spiro atoms. The topological polar surface area (TPSA) is 46.2 Å². The first kappa shape index (κ1) is 16.9. The summed E-state index contributed by atoms with van der Waals surface area (Å²) >= 11 is 5.64. The summed E-state index contributed by atoms with van der Waals surface area (Å²) in [5, 5.41) is 0.161. The summed E-state index contributed by atoms with van der Waals surface area (Å²) in [5.74, 6) is -0.852. The summed E-state index contributed by atoms with van der Waals surface area (Å²) in [6, 6.07) is 13.0. The van der Waals surface area contributed by atoms with Crippen LogP contribution >= 0.6 is 11.6 Å². The summed E-state index contributed by atoms with van der Waals surface area (Å²) in [7, 11) is -3.89. The number of hydrogen-bond acceptors (Lipinski definition) is 2. The Morgan fingerprint density at radius 2 is 1.86 bits per heavy atom. The summed E-state index contributed by atoms with van der Waals surface area (Å²) in [6.07, 6.45) is 1.37. The molecule has 22 heavy (non-hydrogen) atoms. The third kappa shape index (κ3) is 4.53. The van der Waals surface area contributed by atoms with E-state index >= 15 is 0 Å². The van der Waals surface area contributed by atoms with Gasteiger partial charge >= 0.3 is 0 Å². The molecule has 0 radical (unpaired) electrons. The van der Waals surface area contributed by atoms with Gasteiger partial charge in [0.15, 0.2) is 0 Å². The molecule has 118 valence electrons. The van der Waals surface area contributed by atoms with Crippen LogP contribution in [0.2, 0.25) is 5.02 Å². The van der Waals surface area contributed by atoms with Crippen LogP contribution in [0, 0.1) is 5.82 Å². The van der Waals surface area contributed by atoms with Crippen LogP contribution in [0.5, 0.6) is 0 Å². The minimum Gasteiger partial charge on any atom is -0.208 e. The lowest BCUT2D eigenvalue weighted by Gasteiger charge is -2.14. The Labute approximate surface area is 135 Å². The zero-order valence-electron chi connectivity index (χ0n) is 12.1. The lowest BCUT2D eigenvalue weighted by Crippen LogP contribution is -2.33. The van der Waals surface area contributed by atoms with Gasteiger partial charge in [-0.2, -0.15) is 0 Å². The molecule has 0 saturated carbocycles. The minimum absolute atomic E-state index is 0.161. The van der Waals surface area contributed by atoms with E-state index in [1.165, 1.54) is 12.1 Å². The normalized spacial score (nSPS) is 13.0. The van der Waals surface area contributed by atoms with Gasteiger partial charge in [0.25, 0.3) is 0 Å². The number of hydrogen-bond donors (Lipinski definition) is 1. The fourth-order valence-corrected chi connectivity index (χ4v) is 3.60. The van der Waals surface area contributed by atoms with E-state index in [2.05, 4.69) is 4.72 Å². The van der Waals surface area contributed by atoms with Crippen molar-refractivity contribution in [2.75, 3.05) is 0 Å². The van der Waals surface area contributed by atoms with Crippen molar-refractivity contribution in [3.8, 4) is 0 Å². The Morgan fingerprint density at radius 1 is 1.18 bits per heavy atom. The minimum atomic E-state index is -3.89. The third-order valence-electron chi connectivity index (χ3n) is 3.25. The van der Waals surface area contributed by atoms with Crippen LogP contribution in [0.4, 0.5) is 4.39 Å².